The van der Waals surface area contributed by atoms with Gasteiger partial charge in [-0.1, -0.05) is 42.0 Å². The Morgan fingerprint density at radius 2 is 1.61 bits per heavy atom. The molecule has 0 aliphatic carbocycles. The van der Waals surface area contributed by atoms with Crippen molar-refractivity contribution in [3.8, 4) is 0 Å². The van der Waals surface area contributed by atoms with Crippen LogP contribution >= 0.6 is 0 Å². The van der Waals surface area contributed by atoms with Gasteiger partial charge in [0.1, 0.15) is 5.82 Å². The van der Waals surface area contributed by atoms with E-state index in [2.05, 4.69) is 5.32 Å². The Hall–Kier alpha value is -2.69. The van der Waals surface area contributed by atoms with Crippen molar-refractivity contribution in [2.45, 2.75) is 19.9 Å². The number of aryl methyl sites for hydroxylation is 1. The first-order chi connectivity index (χ1) is 11.0. The molecule has 1 amide bonds. The van der Waals surface area contributed by atoms with Crippen LogP contribution in [0.15, 0.2) is 48.5 Å². The van der Waals surface area contributed by atoms with Crippen LogP contribution in [0, 0.1) is 12.7 Å². The van der Waals surface area contributed by atoms with Crippen LogP contribution in [-0.2, 0) is 27.3 Å². The molecule has 0 unspecified atom stereocenters. The summed E-state index contributed by atoms with van der Waals surface area (Å²) in [5.74, 6) is -1.18. The quantitative estimate of drug-likeness (QED) is 0.834. The Kier molecular flexibility index (Phi) is 5.86. The number of amides is 1. The van der Waals surface area contributed by atoms with E-state index in [0.717, 1.165) is 16.7 Å². The van der Waals surface area contributed by atoms with Crippen molar-refractivity contribution in [2.24, 2.45) is 0 Å². The molecule has 5 heteroatoms. The summed E-state index contributed by atoms with van der Waals surface area (Å²) in [7, 11) is 0. The zero-order chi connectivity index (χ0) is 16.7. The summed E-state index contributed by atoms with van der Waals surface area (Å²) in [6, 6.07) is 13.3. The topological polar surface area (TPSA) is 55.4 Å². The Morgan fingerprint density at radius 3 is 2.26 bits per heavy atom. The zero-order valence-electron chi connectivity index (χ0n) is 12.8. The van der Waals surface area contributed by atoms with Gasteiger partial charge in [0.15, 0.2) is 6.61 Å². The smallest absolute Gasteiger partial charge is 0.310 e. The Morgan fingerprint density at radius 1 is 1.00 bits per heavy atom. The van der Waals surface area contributed by atoms with Gasteiger partial charge in [-0.05, 0) is 30.2 Å². The number of carbonyl (C=O) groups is 2. The molecular weight excluding hydrogens is 297 g/mol. The molecule has 0 aliphatic heterocycles. The minimum Gasteiger partial charge on any atom is -0.455 e. The lowest BCUT2D eigenvalue weighted by Gasteiger charge is -2.07. The maximum atomic E-state index is 12.8. The van der Waals surface area contributed by atoms with Gasteiger partial charge in [0.2, 0.25) is 0 Å². The number of hydrogen-bond donors (Lipinski definition) is 1. The van der Waals surface area contributed by atoms with E-state index in [1.54, 1.807) is 12.1 Å². The normalized spacial score (nSPS) is 10.2. The highest BCUT2D eigenvalue weighted by molar-refractivity contribution is 5.81. The first-order valence-corrected chi connectivity index (χ1v) is 7.25. The van der Waals surface area contributed by atoms with Crippen LogP contribution in [-0.4, -0.2) is 18.5 Å². The van der Waals surface area contributed by atoms with Crippen LogP contribution in [0.4, 0.5) is 4.39 Å². The van der Waals surface area contributed by atoms with Gasteiger partial charge in [-0.15, -0.1) is 0 Å². The van der Waals surface area contributed by atoms with E-state index in [9.17, 15) is 14.0 Å². The molecule has 23 heavy (non-hydrogen) atoms. The summed E-state index contributed by atoms with van der Waals surface area (Å²) in [5, 5.41) is 2.61. The molecule has 0 heterocycles. The fourth-order valence-corrected chi connectivity index (χ4v) is 1.92. The summed E-state index contributed by atoms with van der Waals surface area (Å²) >= 11 is 0. The van der Waals surface area contributed by atoms with Gasteiger partial charge in [-0.2, -0.15) is 0 Å². The van der Waals surface area contributed by atoms with Gasteiger partial charge in [-0.3, -0.25) is 9.59 Å². The fourth-order valence-electron chi connectivity index (χ4n) is 1.92. The molecule has 0 radical (unpaired) electrons. The third-order valence-corrected chi connectivity index (χ3v) is 3.24. The van der Waals surface area contributed by atoms with Gasteiger partial charge < -0.3 is 10.1 Å². The number of nitrogens with one attached hydrogen (secondary N) is 1. The maximum Gasteiger partial charge on any atom is 0.310 e. The fraction of sp³-hybridized carbons (Fsp3) is 0.222. The van der Waals surface area contributed by atoms with Crippen molar-refractivity contribution in [1.82, 2.24) is 5.32 Å². The maximum absolute atomic E-state index is 12.8. The second kappa shape index (κ2) is 8.08. The third kappa shape index (κ3) is 5.90. The van der Waals surface area contributed by atoms with Crippen LogP contribution in [0.3, 0.4) is 0 Å². The third-order valence-electron chi connectivity index (χ3n) is 3.24. The van der Waals surface area contributed by atoms with Gasteiger partial charge in [0, 0.05) is 6.54 Å². The van der Waals surface area contributed by atoms with Crippen molar-refractivity contribution >= 4 is 11.9 Å². The van der Waals surface area contributed by atoms with Crippen molar-refractivity contribution in [3.05, 3.63) is 71.0 Å². The van der Waals surface area contributed by atoms with E-state index in [0.29, 0.717) is 0 Å². The molecule has 0 saturated carbocycles. The number of hydrogen-bond acceptors (Lipinski definition) is 3. The molecule has 120 valence electrons. The Balaban J connectivity index is 1.70. The molecule has 0 aliphatic rings. The molecule has 0 fully saturated rings. The first kappa shape index (κ1) is 16.7. The number of benzene rings is 2. The molecule has 1 N–H and O–H groups in total. The summed E-state index contributed by atoms with van der Waals surface area (Å²) in [5.41, 5.74) is 2.72. The van der Waals surface area contributed by atoms with E-state index < -0.39 is 11.9 Å². The minimum atomic E-state index is -0.453. The second-order valence-corrected chi connectivity index (χ2v) is 5.23. The molecule has 0 saturated heterocycles. The first-order valence-electron chi connectivity index (χ1n) is 7.25. The van der Waals surface area contributed by atoms with Gasteiger partial charge in [0.05, 0.1) is 6.42 Å². The molecule has 0 bridgehead atoms. The van der Waals surface area contributed by atoms with E-state index in [4.69, 9.17) is 4.74 Å². The van der Waals surface area contributed by atoms with E-state index in [1.807, 2.05) is 31.2 Å². The van der Waals surface area contributed by atoms with Crippen molar-refractivity contribution in [3.63, 3.8) is 0 Å². The molecular formula is C18H18FNO3. The largest absolute Gasteiger partial charge is 0.455 e. The lowest BCUT2D eigenvalue weighted by Crippen LogP contribution is -2.28. The highest BCUT2D eigenvalue weighted by atomic mass is 19.1. The monoisotopic (exact) mass is 315 g/mol. The van der Waals surface area contributed by atoms with Crippen LogP contribution in [0.2, 0.25) is 0 Å². The lowest BCUT2D eigenvalue weighted by molar-refractivity contribution is -0.147. The molecule has 2 aromatic rings. The highest BCUT2D eigenvalue weighted by Gasteiger charge is 2.08. The second-order valence-electron chi connectivity index (χ2n) is 5.23. The molecule has 2 aromatic carbocycles. The molecule has 0 atom stereocenters. The SMILES string of the molecule is Cc1ccc(CC(=O)OCC(=O)NCc2ccc(F)cc2)cc1. The average Bonchev–Trinajstić information content (AvgIpc) is 2.54. The van der Waals surface area contributed by atoms with Gasteiger partial charge in [0.25, 0.3) is 5.91 Å². The number of esters is 1. The molecule has 2 rings (SSSR count). The van der Waals surface area contributed by atoms with Crippen LogP contribution in [0.1, 0.15) is 16.7 Å². The van der Waals surface area contributed by atoms with Crippen molar-refractivity contribution in [1.29, 1.82) is 0 Å². The van der Waals surface area contributed by atoms with E-state index in [-0.39, 0.29) is 25.4 Å². The molecule has 0 spiro atoms. The summed E-state index contributed by atoms with van der Waals surface area (Å²) in [4.78, 5) is 23.3. The number of carbonyl (C=O) groups excluding carboxylic acids is 2. The predicted octanol–water partition coefficient (Wildman–Crippen LogP) is 2.54. The highest BCUT2D eigenvalue weighted by Crippen LogP contribution is 2.05. The number of rotatable bonds is 6. The zero-order valence-corrected chi connectivity index (χ0v) is 12.8. The molecule has 0 aromatic heterocycles. The Bertz CT molecular complexity index is 666. The summed E-state index contributed by atoms with van der Waals surface area (Å²) in [6.45, 7) is 1.90. The average molecular weight is 315 g/mol. The van der Waals surface area contributed by atoms with Crippen molar-refractivity contribution < 1.29 is 18.7 Å². The van der Waals surface area contributed by atoms with E-state index in [1.165, 1.54) is 12.1 Å². The summed E-state index contributed by atoms with van der Waals surface area (Å²) < 4.78 is 17.7. The van der Waals surface area contributed by atoms with Crippen LogP contribution in [0.5, 0.6) is 0 Å². The van der Waals surface area contributed by atoms with Crippen LogP contribution < -0.4 is 5.32 Å². The van der Waals surface area contributed by atoms with Gasteiger partial charge in [-0.25, -0.2) is 4.39 Å². The number of halogens is 1. The molecule has 4 nitrogen and oxygen atoms in total. The standard InChI is InChI=1S/C18H18FNO3/c1-13-2-4-14(5-3-13)10-18(22)23-12-17(21)20-11-15-6-8-16(19)9-7-15/h2-9H,10-12H2,1H3,(H,20,21). The van der Waals surface area contributed by atoms with Crippen molar-refractivity contribution in [2.75, 3.05) is 6.61 Å². The summed E-state index contributed by atoms with van der Waals surface area (Å²) in [6.07, 6.45) is 0.130. The number of ether oxygens (including phenoxy) is 1. The van der Waals surface area contributed by atoms with Gasteiger partial charge >= 0.3 is 5.97 Å². The van der Waals surface area contributed by atoms with E-state index >= 15 is 0 Å². The Labute approximate surface area is 134 Å². The van der Waals surface area contributed by atoms with Crippen LogP contribution in [0.25, 0.3) is 0 Å². The minimum absolute atomic E-state index is 0.130. The lowest BCUT2D eigenvalue weighted by atomic mass is 10.1. The predicted molar refractivity (Wildman–Crippen MR) is 84.1 cm³/mol.